The van der Waals surface area contributed by atoms with E-state index in [0.717, 1.165) is 38.5 Å². The molecule has 6 atom stereocenters. The van der Waals surface area contributed by atoms with Crippen LogP contribution >= 0.6 is 0 Å². The van der Waals surface area contributed by atoms with Crippen molar-refractivity contribution in [2.24, 2.45) is 0 Å². The fraction of sp³-hybridized carbons (Fsp3) is 0.894. The quantitative estimate of drug-likeness (QED) is 0.0271. The molecule has 0 saturated carbocycles. The summed E-state index contributed by atoms with van der Waals surface area (Å²) in [7, 11) is 0. The third-order valence-electron chi connectivity index (χ3n) is 10.8. The maximum Gasteiger partial charge on any atom is 0.306 e. The van der Waals surface area contributed by atoms with E-state index in [0.29, 0.717) is 13.0 Å². The molecule has 1 saturated heterocycles. The molecule has 0 aromatic heterocycles. The lowest BCUT2D eigenvalue weighted by Crippen LogP contribution is -2.59. The van der Waals surface area contributed by atoms with E-state index in [2.05, 4.69) is 38.2 Å². The number of hydrogen-bond donors (Lipinski definition) is 4. The van der Waals surface area contributed by atoms with Crippen molar-refractivity contribution in [1.29, 1.82) is 0 Å². The smallest absolute Gasteiger partial charge is 0.306 e. The summed E-state index contributed by atoms with van der Waals surface area (Å²) in [5.41, 5.74) is 0. The van der Waals surface area contributed by atoms with E-state index in [1.807, 2.05) is 0 Å². The van der Waals surface area contributed by atoms with Gasteiger partial charge in [0.05, 0.1) is 19.8 Å². The van der Waals surface area contributed by atoms with E-state index in [-0.39, 0.29) is 19.2 Å². The SMILES string of the molecule is CCCC/C=C\CCCCCCCCOCC(COC1OC(CO)C(O)C(O)C1O)OC(=O)CCCCCCCCCCC/C=C\CCCCCCCCCC. The van der Waals surface area contributed by atoms with Gasteiger partial charge in [0.1, 0.15) is 30.5 Å². The Hall–Kier alpha value is -1.33. The number of allylic oxidation sites excluding steroid dienone is 4. The summed E-state index contributed by atoms with van der Waals surface area (Å²) in [6.07, 6.45) is 37.8. The molecule has 9 heteroatoms. The van der Waals surface area contributed by atoms with E-state index in [1.54, 1.807) is 0 Å². The lowest BCUT2D eigenvalue weighted by atomic mass is 9.99. The molecule has 0 spiro atoms. The van der Waals surface area contributed by atoms with Gasteiger partial charge in [0.25, 0.3) is 0 Å². The van der Waals surface area contributed by atoms with Crippen molar-refractivity contribution in [3.05, 3.63) is 24.3 Å². The van der Waals surface area contributed by atoms with Crippen molar-refractivity contribution in [2.75, 3.05) is 26.4 Å². The molecule has 1 fully saturated rings. The first-order valence-electron chi connectivity index (χ1n) is 23.4. The highest BCUT2D eigenvalue weighted by molar-refractivity contribution is 5.69. The molecule has 0 aromatic carbocycles. The molecule has 0 aliphatic carbocycles. The van der Waals surface area contributed by atoms with Crippen molar-refractivity contribution in [2.45, 2.75) is 243 Å². The van der Waals surface area contributed by atoms with Crippen molar-refractivity contribution in [3.8, 4) is 0 Å². The highest BCUT2D eigenvalue weighted by atomic mass is 16.7. The maximum atomic E-state index is 12.8. The molecule has 0 bridgehead atoms. The zero-order valence-corrected chi connectivity index (χ0v) is 36.1. The van der Waals surface area contributed by atoms with Crippen LogP contribution < -0.4 is 0 Å². The van der Waals surface area contributed by atoms with Crippen LogP contribution in [0, 0.1) is 0 Å². The average molecular weight is 797 g/mol. The van der Waals surface area contributed by atoms with Crippen LogP contribution in [0.25, 0.3) is 0 Å². The van der Waals surface area contributed by atoms with Crippen LogP contribution in [0.5, 0.6) is 0 Å². The zero-order chi connectivity index (χ0) is 40.7. The van der Waals surface area contributed by atoms with Crippen molar-refractivity contribution in [1.82, 2.24) is 0 Å². The van der Waals surface area contributed by atoms with Gasteiger partial charge < -0.3 is 39.4 Å². The van der Waals surface area contributed by atoms with Crippen molar-refractivity contribution in [3.63, 3.8) is 0 Å². The van der Waals surface area contributed by atoms with Gasteiger partial charge in [-0.2, -0.15) is 0 Å². The normalized spacial score (nSPS) is 20.7. The van der Waals surface area contributed by atoms with Crippen LogP contribution in [0.15, 0.2) is 24.3 Å². The maximum absolute atomic E-state index is 12.8. The summed E-state index contributed by atoms with van der Waals surface area (Å²) < 4.78 is 22.8. The summed E-state index contributed by atoms with van der Waals surface area (Å²) in [4.78, 5) is 12.8. The molecule has 9 nitrogen and oxygen atoms in total. The Morgan fingerprint density at radius 3 is 1.50 bits per heavy atom. The lowest BCUT2D eigenvalue weighted by Gasteiger charge is -2.39. The first-order chi connectivity index (χ1) is 27.4. The van der Waals surface area contributed by atoms with E-state index in [1.165, 1.54) is 148 Å². The molecule has 0 aromatic rings. The number of aliphatic hydroxyl groups excluding tert-OH is 4. The Morgan fingerprint density at radius 1 is 0.554 bits per heavy atom. The number of rotatable bonds is 40. The molecule has 1 aliphatic rings. The minimum atomic E-state index is -1.54. The molecule has 6 unspecified atom stereocenters. The minimum Gasteiger partial charge on any atom is -0.457 e. The predicted octanol–water partition coefficient (Wildman–Crippen LogP) is 10.6. The number of aliphatic hydroxyl groups is 4. The molecular weight excluding hydrogens is 709 g/mol. The fourth-order valence-corrected chi connectivity index (χ4v) is 7.11. The second-order valence-corrected chi connectivity index (χ2v) is 16.2. The number of carbonyl (C=O) groups is 1. The largest absolute Gasteiger partial charge is 0.457 e. The fourth-order valence-electron chi connectivity index (χ4n) is 7.11. The third kappa shape index (κ3) is 29.8. The molecule has 1 heterocycles. The predicted molar refractivity (Wildman–Crippen MR) is 229 cm³/mol. The molecule has 0 amide bonds. The Morgan fingerprint density at radius 2 is 1.00 bits per heavy atom. The van der Waals surface area contributed by atoms with Crippen LogP contribution in [-0.2, 0) is 23.7 Å². The van der Waals surface area contributed by atoms with Crippen LogP contribution in [-0.4, -0.2) is 89.6 Å². The van der Waals surface area contributed by atoms with Gasteiger partial charge in [0, 0.05) is 13.0 Å². The molecule has 1 rings (SSSR count). The number of hydrogen-bond acceptors (Lipinski definition) is 9. The van der Waals surface area contributed by atoms with Crippen LogP contribution in [0.2, 0.25) is 0 Å². The minimum absolute atomic E-state index is 0.114. The summed E-state index contributed by atoms with van der Waals surface area (Å²) in [6, 6.07) is 0. The highest BCUT2D eigenvalue weighted by Gasteiger charge is 2.44. The zero-order valence-electron chi connectivity index (χ0n) is 36.1. The van der Waals surface area contributed by atoms with Gasteiger partial charge in [-0.1, -0.05) is 167 Å². The van der Waals surface area contributed by atoms with Crippen LogP contribution in [0.4, 0.5) is 0 Å². The van der Waals surface area contributed by atoms with Gasteiger partial charge in [-0.05, 0) is 57.8 Å². The Labute approximate surface area is 343 Å². The molecule has 1 aliphatic heterocycles. The van der Waals surface area contributed by atoms with Gasteiger partial charge in [-0.25, -0.2) is 0 Å². The van der Waals surface area contributed by atoms with Gasteiger partial charge in [-0.15, -0.1) is 0 Å². The average Bonchev–Trinajstić information content (AvgIpc) is 3.20. The third-order valence-corrected chi connectivity index (χ3v) is 10.8. The second kappa shape index (κ2) is 39.1. The Bertz CT molecular complexity index is 910. The van der Waals surface area contributed by atoms with Gasteiger partial charge in [-0.3, -0.25) is 4.79 Å². The number of unbranched alkanes of at least 4 members (excludes halogenated alkanes) is 25. The summed E-state index contributed by atoms with van der Waals surface area (Å²) in [5.74, 6) is -0.317. The highest BCUT2D eigenvalue weighted by Crippen LogP contribution is 2.23. The number of esters is 1. The molecule has 56 heavy (non-hydrogen) atoms. The lowest BCUT2D eigenvalue weighted by molar-refractivity contribution is -0.305. The first-order valence-corrected chi connectivity index (χ1v) is 23.4. The number of ether oxygens (including phenoxy) is 4. The Balaban J connectivity index is 2.21. The standard InChI is InChI=1S/C47H88O9/c1-3-5-7-9-11-13-15-17-18-19-20-21-22-23-24-25-26-28-30-32-34-36-43(49)55-41(40-54-47-46(52)45(51)44(50)42(38-48)56-47)39-53-37-35-33-31-29-27-16-14-12-10-8-6-4-2/h10,12,19-20,41-42,44-48,50-52H,3-9,11,13-18,21-40H2,1-2H3/b12-10-,20-19-. The molecule has 0 radical (unpaired) electrons. The topological polar surface area (TPSA) is 135 Å². The van der Waals surface area contributed by atoms with Gasteiger partial charge in [0.2, 0.25) is 0 Å². The summed E-state index contributed by atoms with van der Waals surface area (Å²) in [5, 5.41) is 40.1. The van der Waals surface area contributed by atoms with E-state index in [4.69, 9.17) is 18.9 Å². The first kappa shape index (κ1) is 52.7. The monoisotopic (exact) mass is 797 g/mol. The number of carbonyl (C=O) groups excluding carboxylic acids is 1. The van der Waals surface area contributed by atoms with Crippen LogP contribution in [0.3, 0.4) is 0 Å². The van der Waals surface area contributed by atoms with E-state index in [9.17, 15) is 25.2 Å². The van der Waals surface area contributed by atoms with E-state index < -0.39 is 43.4 Å². The summed E-state index contributed by atoms with van der Waals surface area (Å²) in [6.45, 7) is 4.53. The molecule has 330 valence electrons. The summed E-state index contributed by atoms with van der Waals surface area (Å²) >= 11 is 0. The van der Waals surface area contributed by atoms with Crippen molar-refractivity contribution < 1.29 is 44.2 Å². The van der Waals surface area contributed by atoms with E-state index >= 15 is 0 Å². The second-order valence-electron chi connectivity index (χ2n) is 16.2. The molecule has 4 N–H and O–H groups in total. The van der Waals surface area contributed by atoms with Crippen LogP contribution in [0.1, 0.15) is 206 Å². The van der Waals surface area contributed by atoms with Gasteiger partial charge >= 0.3 is 5.97 Å². The van der Waals surface area contributed by atoms with Crippen molar-refractivity contribution >= 4 is 5.97 Å². The molecular formula is C47H88O9. The van der Waals surface area contributed by atoms with Gasteiger partial charge in [0.15, 0.2) is 6.29 Å². The Kier molecular flexibility index (Phi) is 36.8.